The summed E-state index contributed by atoms with van der Waals surface area (Å²) in [7, 11) is -2.38. The average Bonchev–Trinajstić information content (AvgIpc) is 3.25. The zero-order chi connectivity index (χ0) is 26.1. The third-order valence-corrected chi connectivity index (χ3v) is 6.55. The molecule has 194 valence electrons. The Bertz CT molecular complexity index is 1200. The molecule has 0 saturated carbocycles. The number of nitrogen functional groups attached to an aromatic ring is 1. The summed E-state index contributed by atoms with van der Waals surface area (Å²) in [6.45, 7) is 7.43. The van der Waals surface area contributed by atoms with Crippen molar-refractivity contribution in [3.63, 3.8) is 0 Å². The summed E-state index contributed by atoms with van der Waals surface area (Å²) in [5.41, 5.74) is 6.85. The van der Waals surface area contributed by atoms with Gasteiger partial charge in [-0.2, -0.15) is 0 Å². The lowest BCUT2D eigenvalue weighted by molar-refractivity contribution is -0.150. The number of ether oxygens (including phenoxy) is 3. The van der Waals surface area contributed by atoms with Crippen LogP contribution in [0.3, 0.4) is 0 Å². The second-order valence-electron chi connectivity index (χ2n) is 8.10. The van der Waals surface area contributed by atoms with E-state index >= 15 is 0 Å². The molecule has 13 heteroatoms. The first-order chi connectivity index (χ1) is 17.2. The highest BCUT2D eigenvalue weighted by Crippen LogP contribution is 2.44. The molecule has 1 aromatic carbocycles. The molecule has 0 aliphatic rings. The van der Waals surface area contributed by atoms with Crippen molar-refractivity contribution in [2.24, 2.45) is 0 Å². The molecule has 0 saturated heterocycles. The lowest BCUT2D eigenvalue weighted by Crippen LogP contribution is -2.42. The van der Waals surface area contributed by atoms with Crippen LogP contribution in [0.15, 0.2) is 55.6 Å². The van der Waals surface area contributed by atoms with Gasteiger partial charge in [0.1, 0.15) is 30.0 Å². The number of rotatable bonds is 14. The van der Waals surface area contributed by atoms with Crippen molar-refractivity contribution in [2.75, 3.05) is 25.8 Å². The van der Waals surface area contributed by atoms with E-state index < -0.39 is 25.6 Å². The van der Waals surface area contributed by atoms with Crippen molar-refractivity contribution in [3.05, 3.63) is 55.6 Å². The maximum Gasteiger partial charge on any atom is 0.342 e. The van der Waals surface area contributed by atoms with Crippen molar-refractivity contribution in [2.45, 2.75) is 38.6 Å². The van der Waals surface area contributed by atoms with E-state index in [1.165, 1.54) is 13.4 Å². The number of benzene rings is 1. The van der Waals surface area contributed by atoms with Gasteiger partial charge < -0.3 is 29.0 Å². The number of nitrogens with zero attached hydrogens (tertiary/aromatic N) is 4. The molecular weight excluding hydrogens is 487 g/mol. The van der Waals surface area contributed by atoms with Gasteiger partial charge in [-0.3, -0.25) is 9.36 Å². The first kappa shape index (κ1) is 27.3. The third-order valence-electron chi connectivity index (χ3n) is 4.85. The van der Waals surface area contributed by atoms with Crippen molar-refractivity contribution in [1.82, 2.24) is 24.6 Å². The number of carbonyl (C=O) groups excluding carboxylic acids is 1. The molecule has 36 heavy (non-hydrogen) atoms. The fraction of sp³-hybridized carbons (Fsp3) is 0.391. The Hall–Kier alpha value is -3.31. The van der Waals surface area contributed by atoms with Crippen LogP contribution in [0.2, 0.25) is 0 Å². The summed E-state index contributed by atoms with van der Waals surface area (Å²) in [4.78, 5) is 25.0. The predicted octanol–water partition coefficient (Wildman–Crippen LogP) is 2.77. The molecule has 3 rings (SSSR count). The Morgan fingerprint density at radius 2 is 2.00 bits per heavy atom. The van der Waals surface area contributed by atoms with Gasteiger partial charge in [0, 0.05) is 7.11 Å². The van der Waals surface area contributed by atoms with E-state index in [0.717, 1.165) is 0 Å². The number of methoxy groups -OCH3 is 1. The quantitative estimate of drug-likeness (QED) is 0.184. The van der Waals surface area contributed by atoms with E-state index in [-0.39, 0.29) is 31.4 Å². The molecule has 0 aliphatic carbocycles. The molecule has 0 aliphatic heterocycles. The monoisotopic (exact) mass is 518 g/mol. The molecule has 0 fully saturated rings. The van der Waals surface area contributed by atoms with Crippen LogP contribution in [0.5, 0.6) is 5.75 Å². The summed E-state index contributed by atoms with van der Waals surface area (Å²) in [6, 6.07) is 7.54. The Labute approximate surface area is 209 Å². The van der Waals surface area contributed by atoms with Gasteiger partial charge in [0.05, 0.1) is 31.7 Å². The lowest BCUT2D eigenvalue weighted by Gasteiger charge is -2.26. The highest BCUT2D eigenvalue weighted by Gasteiger charge is 2.34. The van der Waals surface area contributed by atoms with Crippen LogP contribution >= 0.6 is 7.52 Å². The summed E-state index contributed by atoms with van der Waals surface area (Å²) in [6.07, 6.45) is 3.12. The van der Waals surface area contributed by atoms with Crippen LogP contribution in [-0.4, -0.2) is 63.8 Å². The van der Waals surface area contributed by atoms with Gasteiger partial charge in [-0.25, -0.2) is 20.0 Å². The average molecular weight is 519 g/mol. The molecule has 1 unspecified atom stereocenters. The van der Waals surface area contributed by atoms with Crippen molar-refractivity contribution >= 4 is 30.5 Å². The fourth-order valence-corrected chi connectivity index (χ4v) is 4.92. The Kier molecular flexibility index (Phi) is 9.54. The van der Waals surface area contributed by atoms with Gasteiger partial charge in [-0.15, -0.1) is 6.58 Å². The van der Waals surface area contributed by atoms with Crippen LogP contribution in [0, 0.1) is 0 Å². The first-order valence-electron chi connectivity index (χ1n) is 11.2. The van der Waals surface area contributed by atoms with Gasteiger partial charge in [0.15, 0.2) is 11.5 Å². The SMILES string of the molecule is C=C[C@H](Cn1cnc2c(N)ncnc21)OCP(=O)(N[C@@H](COC)C(=O)OC(C)C)Oc1ccccc1. The molecule has 3 N–H and O–H groups in total. The lowest BCUT2D eigenvalue weighted by atomic mass is 10.3. The Morgan fingerprint density at radius 1 is 1.25 bits per heavy atom. The maximum absolute atomic E-state index is 13.9. The van der Waals surface area contributed by atoms with Gasteiger partial charge in [0.25, 0.3) is 0 Å². The molecule has 2 heterocycles. The maximum atomic E-state index is 13.9. The second kappa shape index (κ2) is 12.6. The zero-order valence-electron chi connectivity index (χ0n) is 20.4. The topological polar surface area (TPSA) is 153 Å². The number of nitrogens with two attached hydrogens (primary N) is 1. The van der Waals surface area contributed by atoms with Crippen LogP contribution in [-0.2, 0) is 30.1 Å². The zero-order valence-corrected chi connectivity index (χ0v) is 21.3. The minimum atomic E-state index is -3.81. The van der Waals surface area contributed by atoms with Crippen LogP contribution in [0.25, 0.3) is 11.2 Å². The number of para-hydroxylation sites is 1. The van der Waals surface area contributed by atoms with Crippen LogP contribution in [0.1, 0.15) is 13.8 Å². The molecule has 2 aromatic heterocycles. The molecule has 12 nitrogen and oxygen atoms in total. The number of nitrogens with one attached hydrogen (secondary N) is 1. The van der Waals surface area contributed by atoms with Crippen molar-refractivity contribution < 1.29 is 28.1 Å². The number of imidazole rings is 1. The minimum absolute atomic E-state index is 0.0826. The van der Waals surface area contributed by atoms with Gasteiger partial charge >= 0.3 is 13.5 Å². The summed E-state index contributed by atoms with van der Waals surface area (Å²) >= 11 is 0. The largest absolute Gasteiger partial charge is 0.462 e. The van der Waals surface area contributed by atoms with Gasteiger partial charge in [-0.1, -0.05) is 24.3 Å². The Balaban J connectivity index is 1.79. The first-order valence-corrected chi connectivity index (χ1v) is 13.0. The minimum Gasteiger partial charge on any atom is -0.462 e. The molecule has 0 bridgehead atoms. The van der Waals surface area contributed by atoms with E-state index in [9.17, 15) is 9.36 Å². The molecule has 3 aromatic rings. The Morgan fingerprint density at radius 3 is 2.67 bits per heavy atom. The number of aromatic nitrogens is 4. The summed E-state index contributed by atoms with van der Waals surface area (Å²) in [5.74, 6) is -0.0170. The molecule has 3 atom stereocenters. The number of hydrogen-bond acceptors (Lipinski definition) is 10. The summed E-state index contributed by atoms with van der Waals surface area (Å²) in [5, 5.41) is 2.78. The highest BCUT2D eigenvalue weighted by atomic mass is 31.2. The standard InChI is InChI=1S/C23H31N6O6P/c1-5-17(11-29-14-27-20-21(24)25-13-26-22(20)29)33-15-36(31,35-18-9-7-6-8-10-18)28-19(12-32-4)23(30)34-16(2)3/h5-10,13-14,16-17,19H,1,11-12,15H2,2-4H3,(H,28,31)(H2,24,25,26)/t17-,19+,36?/m1/s1. The van der Waals surface area contributed by atoms with E-state index in [1.54, 1.807) is 61.1 Å². The van der Waals surface area contributed by atoms with Gasteiger partial charge in [-0.05, 0) is 26.0 Å². The smallest absolute Gasteiger partial charge is 0.342 e. The summed E-state index contributed by atoms with van der Waals surface area (Å²) < 4.78 is 37.8. The number of esters is 1. The molecule has 0 spiro atoms. The molecule has 0 radical (unpaired) electrons. The van der Waals surface area contributed by atoms with Crippen molar-refractivity contribution in [3.8, 4) is 5.75 Å². The number of fused-ring (bicyclic) bond motifs is 1. The normalized spacial score (nSPS) is 14.8. The van der Waals surface area contributed by atoms with E-state index in [2.05, 4.69) is 26.6 Å². The van der Waals surface area contributed by atoms with Crippen molar-refractivity contribution in [1.29, 1.82) is 0 Å². The number of carbonyl (C=O) groups is 1. The molecular formula is C23H31N6O6P. The van der Waals surface area contributed by atoms with Gasteiger partial charge in [0.2, 0.25) is 0 Å². The van der Waals surface area contributed by atoms with E-state index in [4.69, 9.17) is 24.5 Å². The number of anilines is 1. The van der Waals surface area contributed by atoms with E-state index in [0.29, 0.717) is 16.9 Å². The van der Waals surface area contributed by atoms with E-state index in [1.807, 2.05) is 0 Å². The molecule has 0 amide bonds. The fourth-order valence-electron chi connectivity index (χ4n) is 3.23. The van der Waals surface area contributed by atoms with Crippen LogP contribution in [0.4, 0.5) is 5.82 Å². The second-order valence-corrected chi connectivity index (χ2v) is 10.1. The predicted molar refractivity (Wildman–Crippen MR) is 134 cm³/mol. The third kappa shape index (κ3) is 7.34. The number of hydrogen-bond donors (Lipinski definition) is 2. The highest BCUT2D eigenvalue weighted by molar-refractivity contribution is 7.57. The van der Waals surface area contributed by atoms with Crippen LogP contribution < -0.4 is 15.3 Å².